The van der Waals surface area contributed by atoms with Crippen LogP contribution in [0.1, 0.15) is 28.9 Å². The minimum atomic E-state index is -0.0574. The smallest absolute Gasteiger partial charge is 0.270 e. The molecule has 2 N–H and O–H groups in total. The zero-order chi connectivity index (χ0) is 14.7. The summed E-state index contributed by atoms with van der Waals surface area (Å²) < 4.78 is 0. The van der Waals surface area contributed by atoms with Crippen LogP contribution in [0.3, 0.4) is 0 Å². The molecule has 1 saturated heterocycles. The number of nitrogens with one attached hydrogen (secondary N) is 2. The maximum absolute atomic E-state index is 12.3. The number of aromatic nitrogens is 1. The van der Waals surface area contributed by atoms with Crippen molar-refractivity contribution >= 4 is 29.7 Å². The van der Waals surface area contributed by atoms with E-state index in [4.69, 9.17) is 0 Å². The van der Waals surface area contributed by atoms with Crippen molar-refractivity contribution in [3.8, 4) is 10.6 Å². The van der Waals surface area contributed by atoms with Gasteiger partial charge >= 0.3 is 0 Å². The minimum absolute atomic E-state index is 0. The number of hydrogen-bond donors (Lipinski definition) is 2. The molecule has 0 atom stereocenters. The highest BCUT2D eigenvalue weighted by Crippen LogP contribution is 2.26. The number of amides is 1. The predicted octanol–water partition coefficient (Wildman–Crippen LogP) is 3.02. The third kappa shape index (κ3) is 3.85. The van der Waals surface area contributed by atoms with Gasteiger partial charge in [-0.15, -0.1) is 23.7 Å². The fourth-order valence-electron chi connectivity index (χ4n) is 2.54. The van der Waals surface area contributed by atoms with Gasteiger partial charge in [-0.1, -0.05) is 24.3 Å². The average molecular weight is 338 g/mol. The fourth-order valence-corrected chi connectivity index (χ4v) is 3.43. The number of nitrogens with zero attached hydrogens (tertiary/aromatic N) is 1. The zero-order valence-corrected chi connectivity index (χ0v) is 14.1. The summed E-state index contributed by atoms with van der Waals surface area (Å²) in [6.45, 7) is 4.00. The van der Waals surface area contributed by atoms with Crippen LogP contribution in [0.5, 0.6) is 0 Å². The van der Waals surface area contributed by atoms with E-state index < -0.39 is 0 Å². The largest absolute Gasteiger partial charge is 0.348 e. The maximum atomic E-state index is 12.3. The molecule has 1 aromatic heterocycles. The van der Waals surface area contributed by atoms with Gasteiger partial charge in [0.15, 0.2) is 0 Å². The molecule has 0 bridgehead atoms. The Morgan fingerprint density at radius 2 is 2.05 bits per heavy atom. The van der Waals surface area contributed by atoms with Gasteiger partial charge in [0.2, 0.25) is 0 Å². The number of hydrogen-bond acceptors (Lipinski definition) is 4. The molecule has 118 valence electrons. The second kappa shape index (κ2) is 7.72. The van der Waals surface area contributed by atoms with E-state index in [1.54, 1.807) is 0 Å². The molecule has 1 fully saturated rings. The molecule has 22 heavy (non-hydrogen) atoms. The molecule has 0 unspecified atom stereocenters. The molecule has 0 aliphatic carbocycles. The second-order valence-corrected chi connectivity index (χ2v) is 6.21. The van der Waals surface area contributed by atoms with E-state index >= 15 is 0 Å². The standard InChI is InChI=1S/C16H19N3OS.ClH/c1-11-4-2-3-5-13(11)16-19-14(10-21-16)15(20)18-12-6-8-17-9-7-12;/h2-5,10,12,17H,6-9H2,1H3,(H,18,20);1H. The molecule has 2 aromatic rings. The SMILES string of the molecule is Cc1ccccc1-c1nc(C(=O)NC2CCNCC2)cs1.Cl. The summed E-state index contributed by atoms with van der Waals surface area (Å²) in [5, 5.41) is 9.13. The lowest BCUT2D eigenvalue weighted by atomic mass is 10.1. The van der Waals surface area contributed by atoms with Crippen LogP contribution in [0.2, 0.25) is 0 Å². The monoisotopic (exact) mass is 337 g/mol. The van der Waals surface area contributed by atoms with Gasteiger partial charge < -0.3 is 10.6 Å². The molecular weight excluding hydrogens is 318 g/mol. The Morgan fingerprint density at radius 3 is 2.77 bits per heavy atom. The lowest BCUT2D eigenvalue weighted by Gasteiger charge is -2.23. The van der Waals surface area contributed by atoms with Crippen molar-refractivity contribution in [2.24, 2.45) is 0 Å². The van der Waals surface area contributed by atoms with Gasteiger partial charge in [0.05, 0.1) is 0 Å². The summed E-state index contributed by atoms with van der Waals surface area (Å²) in [7, 11) is 0. The molecule has 1 aromatic carbocycles. The van der Waals surface area contributed by atoms with E-state index in [9.17, 15) is 4.79 Å². The van der Waals surface area contributed by atoms with Gasteiger partial charge in [-0.25, -0.2) is 4.98 Å². The van der Waals surface area contributed by atoms with Crippen molar-refractivity contribution in [2.45, 2.75) is 25.8 Å². The number of aryl methyl sites for hydroxylation is 1. The molecule has 4 nitrogen and oxygen atoms in total. The predicted molar refractivity (Wildman–Crippen MR) is 92.9 cm³/mol. The number of carbonyl (C=O) groups is 1. The Morgan fingerprint density at radius 1 is 1.32 bits per heavy atom. The number of piperidine rings is 1. The summed E-state index contributed by atoms with van der Waals surface area (Å²) in [5.41, 5.74) is 2.80. The van der Waals surface area contributed by atoms with Crippen molar-refractivity contribution in [1.82, 2.24) is 15.6 Å². The zero-order valence-electron chi connectivity index (χ0n) is 12.5. The van der Waals surface area contributed by atoms with Crippen molar-refractivity contribution in [2.75, 3.05) is 13.1 Å². The molecular formula is C16H20ClN3OS. The summed E-state index contributed by atoms with van der Waals surface area (Å²) in [6.07, 6.45) is 1.97. The normalized spacial score (nSPS) is 15.1. The molecule has 3 rings (SSSR count). The van der Waals surface area contributed by atoms with Crippen LogP contribution >= 0.6 is 23.7 Å². The van der Waals surface area contributed by atoms with Crippen molar-refractivity contribution in [3.63, 3.8) is 0 Å². The molecule has 0 spiro atoms. The molecule has 0 radical (unpaired) electrons. The van der Waals surface area contributed by atoms with Gasteiger partial charge in [-0.05, 0) is 38.4 Å². The molecule has 1 aliphatic heterocycles. The first kappa shape index (κ1) is 16.9. The van der Waals surface area contributed by atoms with Gasteiger partial charge in [0.25, 0.3) is 5.91 Å². The first-order valence-electron chi connectivity index (χ1n) is 7.27. The molecule has 1 aliphatic rings. The van der Waals surface area contributed by atoms with Crippen LogP contribution in [-0.2, 0) is 0 Å². The Kier molecular flexibility index (Phi) is 5.94. The maximum Gasteiger partial charge on any atom is 0.270 e. The van der Waals surface area contributed by atoms with E-state index in [0.29, 0.717) is 5.69 Å². The highest BCUT2D eigenvalue weighted by atomic mass is 35.5. The third-order valence-electron chi connectivity index (χ3n) is 3.79. The third-order valence-corrected chi connectivity index (χ3v) is 4.66. The summed E-state index contributed by atoms with van der Waals surface area (Å²) >= 11 is 1.52. The molecule has 2 heterocycles. The second-order valence-electron chi connectivity index (χ2n) is 5.35. The first-order chi connectivity index (χ1) is 10.2. The van der Waals surface area contributed by atoms with Crippen LogP contribution in [0.4, 0.5) is 0 Å². The topological polar surface area (TPSA) is 54.0 Å². The number of thiazole rings is 1. The van der Waals surface area contributed by atoms with E-state index in [1.807, 2.05) is 23.6 Å². The average Bonchev–Trinajstić information content (AvgIpc) is 2.98. The van der Waals surface area contributed by atoms with E-state index in [2.05, 4.69) is 28.6 Å². The van der Waals surface area contributed by atoms with E-state index in [-0.39, 0.29) is 24.4 Å². The lowest BCUT2D eigenvalue weighted by Crippen LogP contribution is -2.42. The fraction of sp³-hybridized carbons (Fsp3) is 0.375. The van der Waals surface area contributed by atoms with Gasteiger partial charge in [0.1, 0.15) is 10.7 Å². The molecule has 0 saturated carbocycles. The minimum Gasteiger partial charge on any atom is -0.348 e. The summed E-state index contributed by atoms with van der Waals surface area (Å²) in [6, 6.07) is 8.38. The van der Waals surface area contributed by atoms with Crippen molar-refractivity contribution in [3.05, 3.63) is 40.9 Å². The van der Waals surface area contributed by atoms with Crippen LogP contribution in [0.25, 0.3) is 10.6 Å². The first-order valence-corrected chi connectivity index (χ1v) is 8.15. The number of rotatable bonds is 3. The van der Waals surface area contributed by atoms with Gasteiger partial charge in [0, 0.05) is 17.0 Å². The molecule has 1 amide bonds. The van der Waals surface area contributed by atoms with Crippen LogP contribution < -0.4 is 10.6 Å². The van der Waals surface area contributed by atoms with E-state index in [0.717, 1.165) is 36.5 Å². The number of halogens is 1. The highest BCUT2D eigenvalue weighted by Gasteiger charge is 2.18. The highest BCUT2D eigenvalue weighted by molar-refractivity contribution is 7.13. The van der Waals surface area contributed by atoms with Crippen LogP contribution in [0.15, 0.2) is 29.6 Å². The quantitative estimate of drug-likeness (QED) is 0.905. The summed E-state index contributed by atoms with van der Waals surface area (Å²) in [4.78, 5) is 16.8. The van der Waals surface area contributed by atoms with Crippen molar-refractivity contribution in [1.29, 1.82) is 0 Å². The van der Waals surface area contributed by atoms with E-state index in [1.165, 1.54) is 16.9 Å². The molecule has 6 heteroatoms. The Balaban J connectivity index is 0.00000176. The van der Waals surface area contributed by atoms with Crippen molar-refractivity contribution < 1.29 is 4.79 Å². The van der Waals surface area contributed by atoms with Crippen LogP contribution in [0, 0.1) is 6.92 Å². The Labute approximate surface area is 140 Å². The number of carbonyl (C=O) groups excluding carboxylic acids is 1. The van der Waals surface area contributed by atoms with Gasteiger partial charge in [-0.2, -0.15) is 0 Å². The number of benzene rings is 1. The lowest BCUT2D eigenvalue weighted by molar-refractivity contribution is 0.0925. The Hall–Kier alpha value is -1.43. The van der Waals surface area contributed by atoms with Gasteiger partial charge in [-0.3, -0.25) is 4.79 Å². The van der Waals surface area contributed by atoms with Crippen LogP contribution in [-0.4, -0.2) is 30.0 Å². The Bertz CT molecular complexity index is 638. The summed E-state index contributed by atoms with van der Waals surface area (Å²) in [5.74, 6) is -0.0574.